The molecule has 1 amide bonds. The van der Waals surface area contributed by atoms with E-state index in [4.69, 9.17) is 10.7 Å². The maximum Gasteiger partial charge on any atom is 0.243 e. The van der Waals surface area contributed by atoms with Crippen molar-refractivity contribution in [1.82, 2.24) is 14.8 Å². The van der Waals surface area contributed by atoms with Gasteiger partial charge in [-0.1, -0.05) is 73.7 Å². The predicted octanol–water partition coefficient (Wildman–Crippen LogP) is 6.75. The third kappa shape index (κ3) is 5.11. The first-order chi connectivity index (χ1) is 20.3. The second-order valence-corrected chi connectivity index (χ2v) is 12.5. The van der Waals surface area contributed by atoms with Crippen molar-refractivity contribution in [3.05, 3.63) is 118 Å². The molecule has 0 bridgehead atoms. The lowest BCUT2D eigenvalue weighted by Gasteiger charge is -2.54. The molecule has 2 saturated heterocycles. The van der Waals surface area contributed by atoms with Crippen molar-refractivity contribution >= 4 is 22.4 Å². The molecule has 2 atom stereocenters. The van der Waals surface area contributed by atoms with Crippen molar-refractivity contribution in [1.29, 1.82) is 0 Å². The van der Waals surface area contributed by atoms with Crippen LogP contribution in [0.5, 0.6) is 0 Å². The Morgan fingerprint density at radius 3 is 2.29 bits per heavy atom. The minimum atomic E-state index is -0.857. The average Bonchev–Trinajstić information content (AvgIpc) is 3.47. The van der Waals surface area contributed by atoms with Gasteiger partial charge in [-0.25, -0.2) is 13.8 Å². The summed E-state index contributed by atoms with van der Waals surface area (Å²) in [6.45, 7) is 4.42. The van der Waals surface area contributed by atoms with Gasteiger partial charge in [0.1, 0.15) is 5.54 Å². The van der Waals surface area contributed by atoms with E-state index in [9.17, 15) is 13.6 Å². The Morgan fingerprint density at radius 2 is 1.67 bits per heavy atom. The summed E-state index contributed by atoms with van der Waals surface area (Å²) < 4.78 is 28.3. The van der Waals surface area contributed by atoms with Crippen LogP contribution in [0.4, 0.5) is 13.9 Å². The molecule has 2 unspecified atom stereocenters. The molecular formula is C34H36F2N4OS. The Bertz CT molecular complexity index is 1540. The monoisotopic (exact) mass is 586 g/mol. The molecule has 2 fully saturated rings. The Hall–Kier alpha value is -3.62. The van der Waals surface area contributed by atoms with Crippen LogP contribution in [-0.2, 0) is 16.8 Å². The number of hydrogen-bond donors (Lipinski definition) is 1. The second-order valence-electron chi connectivity index (χ2n) is 11.6. The molecule has 0 radical (unpaired) electrons. The summed E-state index contributed by atoms with van der Waals surface area (Å²) in [7, 11) is 0. The zero-order valence-corrected chi connectivity index (χ0v) is 24.6. The molecular weight excluding hydrogens is 550 g/mol. The quantitative estimate of drug-likeness (QED) is 0.260. The van der Waals surface area contributed by atoms with Crippen LogP contribution in [0.3, 0.4) is 0 Å². The van der Waals surface area contributed by atoms with Crippen molar-refractivity contribution in [2.45, 2.75) is 56.0 Å². The highest BCUT2D eigenvalue weighted by molar-refractivity contribution is 7.13. The van der Waals surface area contributed by atoms with E-state index < -0.39 is 17.2 Å². The molecule has 42 heavy (non-hydrogen) atoms. The van der Waals surface area contributed by atoms with Crippen LogP contribution in [0.1, 0.15) is 60.9 Å². The fourth-order valence-corrected chi connectivity index (χ4v) is 7.85. The molecule has 0 spiro atoms. The topological polar surface area (TPSA) is 62.5 Å². The number of likely N-dealkylation sites (tertiary alicyclic amines) is 2. The maximum absolute atomic E-state index is 14.5. The van der Waals surface area contributed by atoms with Crippen LogP contribution in [-0.4, -0.2) is 45.9 Å². The molecule has 1 aromatic heterocycles. The van der Waals surface area contributed by atoms with E-state index in [2.05, 4.69) is 41.5 Å². The van der Waals surface area contributed by atoms with E-state index >= 15 is 0 Å². The number of carbonyl (C=O) groups excluding carboxylic acids is 1. The number of carbonyl (C=O) groups is 1. The summed E-state index contributed by atoms with van der Waals surface area (Å²) in [4.78, 5) is 23.5. The van der Waals surface area contributed by atoms with E-state index in [-0.39, 0.29) is 17.2 Å². The maximum atomic E-state index is 14.5. The van der Waals surface area contributed by atoms with E-state index in [1.807, 2.05) is 41.3 Å². The highest BCUT2D eigenvalue weighted by Gasteiger charge is 2.53. The summed E-state index contributed by atoms with van der Waals surface area (Å²) in [6, 6.07) is 24.6. The molecule has 4 aromatic rings. The average molecular weight is 587 g/mol. The number of hydrogen-bond acceptors (Lipinski definition) is 5. The lowest BCUT2D eigenvalue weighted by atomic mass is 9.68. The molecule has 2 N–H and O–H groups in total. The van der Waals surface area contributed by atoms with Crippen molar-refractivity contribution in [2.24, 2.45) is 0 Å². The lowest BCUT2D eigenvalue weighted by Crippen LogP contribution is -2.65. The standard InChI is InChI=1S/C34H36F2N4OS/c1-2-34(40-17-15-33(16-18-40,27-11-7-4-8-12-27)30-23-42-32(37)38-30)20-26(25-13-14-28(35)29(36)19-25)22-39(31(34)41)21-24-9-5-3-6-10-24/h3-14,19,23,26H,2,15-18,20-22H2,1H3,(H2,37,38). The minimum Gasteiger partial charge on any atom is -0.375 e. The van der Waals surface area contributed by atoms with E-state index in [0.717, 1.165) is 29.7 Å². The third-order valence-corrected chi connectivity index (χ3v) is 10.2. The van der Waals surface area contributed by atoms with Crippen LogP contribution in [0.25, 0.3) is 0 Å². The summed E-state index contributed by atoms with van der Waals surface area (Å²) in [5.74, 6) is -1.72. The van der Waals surface area contributed by atoms with Crippen LogP contribution in [0, 0.1) is 11.6 Å². The van der Waals surface area contributed by atoms with E-state index in [1.54, 1.807) is 6.07 Å². The number of aromatic nitrogens is 1. The number of halogens is 2. The summed E-state index contributed by atoms with van der Waals surface area (Å²) >= 11 is 1.46. The van der Waals surface area contributed by atoms with E-state index in [0.29, 0.717) is 44.2 Å². The van der Waals surface area contributed by atoms with Gasteiger partial charge in [-0.05, 0) is 54.5 Å². The highest BCUT2D eigenvalue weighted by atomic mass is 32.1. The minimum absolute atomic E-state index is 0.109. The number of nitrogens with two attached hydrogens (primary N) is 1. The predicted molar refractivity (Wildman–Crippen MR) is 163 cm³/mol. The first-order valence-corrected chi connectivity index (χ1v) is 15.5. The first-order valence-electron chi connectivity index (χ1n) is 14.6. The van der Waals surface area contributed by atoms with Gasteiger partial charge in [0.2, 0.25) is 5.91 Å². The van der Waals surface area contributed by atoms with Gasteiger partial charge in [0, 0.05) is 42.9 Å². The number of piperidine rings is 2. The van der Waals surface area contributed by atoms with Crippen molar-refractivity contribution in [3.8, 4) is 0 Å². The molecule has 2 aliphatic heterocycles. The molecule has 0 aliphatic carbocycles. The Kier molecular flexibility index (Phi) is 7.85. The molecule has 6 rings (SSSR count). The fraction of sp³-hybridized carbons (Fsp3) is 0.353. The number of amides is 1. The zero-order chi connectivity index (χ0) is 29.3. The molecule has 3 aromatic carbocycles. The molecule has 218 valence electrons. The van der Waals surface area contributed by atoms with E-state index in [1.165, 1.54) is 29.0 Å². The van der Waals surface area contributed by atoms with Crippen molar-refractivity contribution in [3.63, 3.8) is 0 Å². The summed E-state index contributed by atoms with van der Waals surface area (Å²) in [5.41, 5.74) is 9.02. The fourth-order valence-electron chi connectivity index (χ4n) is 7.19. The van der Waals surface area contributed by atoms with Gasteiger partial charge < -0.3 is 10.6 Å². The number of thiazole rings is 1. The molecule has 5 nitrogen and oxygen atoms in total. The number of anilines is 1. The highest BCUT2D eigenvalue weighted by Crippen LogP contribution is 2.47. The van der Waals surface area contributed by atoms with Crippen LogP contribution in [0.15, 0.2) is 84.2 Å². The van der Waals surface area contributed by atoms with Gasteiger partial charge in [0.05, 0.1) is 5.69 Å². The van der Waals surface area contributed by atoms with Crippen LogP contribution < -0.4 is 5.73 Å². The lowest BCUT2D eigenvalue weighted by molar-refractivity contribution is -0.153. The third-order valence-electron chi connectivity index (χ3n) is 9.49. The number of benzene rings is 3. The SMILES string of the molecule is CCC1(N2CCC(c3ccccc3)(c3csc(N)n3)CC2)CC(c2ccc(F)c(F)c2)CN(Cc2ccccc2)C1=O. The summed E-state index contributed by atoms with van der Waals surface area (Å²) in [5, 5.41) is 2.63. The number of nitrogen functional groups attached to an aromatic ring is 1. The smallest absolute Gasteiger partial charge is 0.243 e. The molecule has 0 saturated carbocycles. The number of rotatable bonds is 7. The Balaban J connectivity index is 1.35. The zero-order valence-electron chi connectivity index (χ0n) is 23.8. The van der Waals surface area contributed by atoms with Crippen molar-refractivity contribution in [2.75, 3.05) is 25.4 Å². The van der Waals surface area contributed by atoms with Crippen LogP contribution >= 0.6 is 11.3 Å². The van der Waals surface area contributed by atoms with Crippen molar-refractivity contribution < 1.29 is 13.6 Å². The second kappa shape index (κ2) is 11.6. The molecule has 2 aliphatic rings. The summed E-state index contributed by atoms with van der Waals surface area (Å²) in [6.07, 6.45) is 2.77. The number of nitrogens with zero attached hydrogens (tertiary/aromatic N) is 3. The van der Waals surface area contributed by atoms with Crippen LogP contribution in [0.2, 0.25) is 0 Å². The van der Waals surface area contributed by atoms with Gasteiger partial charge in [-0.15, -0.1) is 11.3 Å². The Labute approximate surface area is 250 Å². The van der Waals surface area contributed by atoms with Gasteiger partial charge in [0.15, 0.2) is 16.8 Å². The largest absolute Gasteiger partial charge is 0.375 e. The van der Waals surface area contributed by atoms with Gasteiger partial charge in [-0.2, -0.15) is 0 Å². The Morgan fingerprint density at radius 1 is 0.976 bits per heavy atom. The normalized spacial score (nSPS) is 22.8. The molecule has 3 heterocycles. The van der Waals surface area contributed by atoms with Gasteiger partial charge in [-0.3, -0.25) is 9.69 Å². The first kappa shape index (κ1) is 28.5. The van der Waals surface area contributed by atoms with Gasteiger partial charge >= 0.3 is 0 Å². The molecule has 8 heteroatoms. The van der Waals surface area contributed by atoms with Gasteiger partial charge in [0.25, 0.3) is 0 Å².